The van der Waals surface area contributed by atoms with Crippen molar-refractivity contribution < 1.29 is 33.5 Å². The van der Waals surface area contributed by atoms with Crippen molar-refractivity contribution in [3.05, 3.63) is 0 Å². The molecule has 1 heterocycles. The molecule has 2 fully saturated rings. The minimum absolute atomic E-state index is 0.0118. The number of hydrogen-bond donors (Lipinski definition) is 4. The largest absolute Gasteiger partial charge is 0.460 e. The first-order chi connectivity index (χ1) is 20.4. The van der Waals surface area contributed by atoms with Crippen LogP contribution in [0, 0.1) is 35.0 Å². The van der Waals surface area contributed by atoms with Gasteiger partial charge in [-0.2, -0.15) is 0 Å². The number of rotatable bonds is 11. The Kier molecular flexibility index (Phi) is 11.5. The molecular formula is C33H53N5O7. The molecule has 1 saturated heterocycles. The van der Waals surface area contributed by atoms with E-state index in [4.69, 9.17) is 11.2 Å². The molecule has 0 aromatic rings. The van der Waals surface area contributed by atoms with Crippen LogP contribution in [-0.4, -0.2) is 82.8 Å². The lowest BCUT2D eigenvalue weighted by molar-refractivity contribution is -0.154. The van der Waals surface area contributed by atoms with E-state index in [9.17, 15) is 28.8 Å². The first-order valence-corrected chi connectivity index (χ1v) is 15.6. The van der Waals surface area contributed by atoms with Crippen LogP contribution in [0.3, 0.4) is 0 Å². The SMILES string of the molecule is C#CCCC(NC(=O)[C@@H]1[C@@H]2[C@H](CN1C(=O)[C@@H](NC(=O)NC(C)(C)C)C(C)(C)C)C2(C)C)C(=O)C(=O)NCCC(=O)OC(C)(C)C. The molecule has 1 unspecified atom stereocenters. The zero-order valence-electron chi connectivity index (χ0n) is 28.8. The van der Waals surface area contributed by atoms with E-state index < -0.39 is 70.2 Å². The number of nitrogens with zero attached hydrogens (tertiary/aromatic N) is 1. The number of hydrogen-bond acceptors (Lipinski definition) is 7. The number of amides is 5. The van der Waals surface area contributed by atoms with Crippen LogP contribution < -0.4 is 21.3 Å². The van der Waals surface area contributed by atoms with Gasteiger partial charge in [0.05, 0.1) is 12.5 Å². The van der Waals surface area contributed by atoms with E-state index in [1.165, 1.54) is 4.90 Å². The van der Waals surface area contributed by atoms with E-state index in [0.717, 1.165) is 0 Å². The van der Waals surface area contributed by atoms with Gasteiger partial charge in [0.2, 0.25) is 17.6 Å². The maximum absolute atomic E-state index is 14.1. The Morgan fingerprint density at radius 3 is 2.09 bits per heavy atom. The summed E-state index contributed by atoms with van der Waals surface area (Å²) in [5.74, 6) is -1.05. The third-order valence-corrected chi connectivity index (χ3v) is 8.11. The van der Waals surface area contributed by atoms with E-state index in [0.29, 0.717) is 6.54 Å². The van der Waals surface area contributed by atoms with Gasteiger partial charge in [-0.3, -0.25) is 24.0 Å². The number of ketones is 1. The molecule has 1 aliphatic heterocycles. The lowest BCUT2D eigenvalue weighted by atomic mass is 9.85. The Morgan fingerprint density at radius 1 is 0.978 bits per heavy atom. The number of fused-ring (bicyclic) bond motifs is 1. The van der Waals surface area contributed by atoms with Gasteiger partial charge in [-0.05, 0) is 70.6 Å². The Hall–Kier alpha value is -3.62. The van der Waals surface area contributed by atoms with Crippen LogP contribution in [0.4, 0.5) is 4.79 Å². The van der Waals surface area contributed by atoms with Crippen LogP contribution in [0.25, 0.3) is 0 Å². The quantitative estimate of drug-likeness (QED) is 0.154. The van der Waals surface area contributed by atoms with E-state index in [2.05, 4.69) is 27.2 Å². The molecule has 0 spiro atoms. The number of terminal acetylenes is 1. The standard InChI is InChI=1S/C33H53N5O7/c1-13-14-15-20(24(40)27(42)34-17-16-21(39)45-32(8,9)10)35-26(41)23-22-19(33(22,11)12)18-38(23)28(43)25(30(2,3)4)36-29(44)37-31(5,6)7/h1,19-20,22-23,25H,14-18H2,2-12H3,(H,34,42)(H,35,41)(H2,36,37,44)/t19-,20?,22-,23-,25+/m0/s1. The number of nitrogens with one attached hydrogen (secondary N) is 4. The molecule has 5 atom stereocenters. The van der Waals surface area contributed by atoms with E-state index >= 15 is 0 Å². The smallest absolute Gasteiger partial charge is 0.315 e. The molecule has 0 radical (unpaired) electrons. The molecule has 0 bridgehead atoms. The second-order valence-electron chi connectivity index (χ2n) is 15.8. The molecule has 1 saturated carbocycles. The van der Waals surface area contributed by atoms with Gasteiger partial charge < -0.3 is 30.9 Å². The van der Waals surface area contributed by atoms with Gasteiger partial charge in [-0.15, -0.1) is 12.3 Å². The second-order valence-corrected chi connectivity index (χ2v) is 15.8. The van der Waals surface area contributed by atoms with Gasteiger partial charge in [0.1, 0.15) is 17.7 Å². The number of carbonyl (C=O) groups excluding carboxylic acids is 6. The number of ether oxygens (including phenoxy) is 1. The summed E-state index contributed by atoms with van der Waals surface area (Å²) in [6.07, 6.45) is 5.42. The lowest BCUT2D eigenvalue weighted by Crippen LogP contribution is -2.62. The zero-order chi connectivity index (χ0) is 34.7. The van der Waals surface area contributed by atoms with Crippen LogP contribution in [0.1, 0.15) is 95.4 Å². The van der Waals surface area contributed by atoms with Gasteiger partial charge in [0, 0.05) is 25.0 Å². The fourth-order valence-electron chi connectivity index (χ4n) is 5.81. The molecule has 12 nitrogen and oxygen atoms in total. The molecule has 4 N–H and O–H groups in total. The third-order valence-electron chi connectivity index (χ3n) is 8.11. The Labute approximate surface area is 267 Å². The maximum Gasteiger partial charge on any atom is 0.315 e. The summed E-state index contributed by atoms with van der Waals surface area (Å²) in [4.78, 5) is 80.1. The van der Waals surface area contributed by atoms with E-state index in [1.54, 1.807) is 20.8 Å². The van der Waals surface area contributed by atoms with E-state index in [-0.39, 0.29) is 43.1 Å². The predicted octanol–water partition coefficient (Wildman–Crippen LogP) is 2.30. The van der Waals surface area contributed by atoms with Crippen molar-refractivity contribution in [2.24, 2.45) is 22.7 Å². The summed E-state index contributed by atoms with van der Waals surface area (Å²) in [6, 6.07) is -3.59. The highest BCUT2D eigenvalue weighted by Gasteiger charge is 2.70. The highest BCUT2D eigenvalue weighted by molar-refractivity contribution is 6.38. The van der Waals surface area contributed by atoms with Gasteiger partial charge in [0.25, 0.3) is 5.91 Å². The van der Waals surface area contributed by atoms with Crippen molar-refractivity contribution in [3.8, 4) is 12.3 Å². The van der Waals surface area contributed by atoms with Crippen LogP contribution in [0.5, 0.6) is 0 Å². The fraction of sp³-hybridized carbons (Fsp3) is 0.758. The highest BCUT2D eigenvalue weighted by Crippen LogP contribution is 2.65. The summed E-state index contributed by atoms with van der Waals surface area (Å²) in [5, 5.41) is 10.7. The van der Waals surface area contributed by atoms with Gasteiger partial charge in [0.15, 0.2) is 0 Å². The van der Waals surface area contributed by atoms with Crippen molar-refractivity contribution in [1.82, 2.24) is 26.2 Å². The molecule has 5 amide bonds. The van der Waals surface area contributed by atoms with Gasteiger partial charge in [-0.25, -0.2) is 4.79 Å². The number of carbonyl (C=O) groups is 6. The van der Waals surface area contributed by atoms with Crippen molar-refractivity contribution in [3.63, 3.8) is 0 Å². The highest BCUT2D eigenvalue weighted by atomic mass is 16.6. The molecule has 12 heteroatoms. The summed E-state index contributed by atoms with van der Waals surface area (Å²) in [6.45, 7) is 20.4. The summed E-state index contributed by atoms with van der Waals surface area (Å²) in [7, 11) is 0. The average Bonchev–Trinajstić information content (AvgIpc) is 3.19. The van der Waals surface area contributed by atoms with Crippen LogP contribution >= 0.6 is 0 Å². The number of likely N-dealkylation sites (tertiary alicyclic amines) is 1. The van der Waals surface area contributed by atoms with Crippen molar-refractivity contribution in [2.45, 2.75) is 125 Å². The number of piperidine rings is 1. The summed E-state index contributed by atoms with van der Waals surface area (Å²) < 4.78 is 5.22. The maximum atomic E-state index is 14.1. The first-order valence-electron chi connectivity index (χ1n) is 15.6. The van der Waals surface area contributed by atoms with Crippen LogP contribution in [0.2, 0.25) is 0 Å². The molecule has 2 aliphatic rings. The predicted molar refractivity (Wildman–Crippen MR) is 169 cm³/mol. The number of urea groups is 1. The van der Waals surface area contributed by atoms with E-state index in [1.807, 2.05) is 55.4 Å². The Balaban J connectivity index is 2.23. The zero-order valence-corrected chi connectivity index (χ0v) is 28.8. The molecule has 252 valence electrons. The van der Waals surface area contributed by atoms with Crippen molar-refractivity contribution in [1.29, 1.82) is 0 Å². The third kappa shape index (κ3) is 10.2. The molecule has 0 aromatic heterocycles. The number of esters is 1. The molecule has 2 rings (SSSR count). The van der Waals surface area contributed by atoms with Gasteiger partial charge in [-0.1, -0.05) is 34.6 Å². The van der Waals surface area contributed by atoms with Crippen molar-refractivity contribution >= 4 is 35.5 Å². The average molecular weight is 632 g/mol. The lowest BCUT2D eigenvalue weighted by Gasteiger charge is -2.38. The first kappa shape index (κ1) is 37.6. The van der Waals surface area contributed by atoms with Crippen LogP contribution in [-0.2, 0) is 28.7 Å². The molecule has 45 heavy (non-hydrogen) atoms. The normalized spacial score (nSPS) is 21.7. The van der Waals surface area contributed by atoms with Crippen molar-refractivity contribution in [2.75, 3.05) is 13.1 Å². The fourth-order valence-corrected chi connectivity index (χ4v) is 5.81. The minimum Gasteiger partial charge on any atom is -0.460 e. The summed E-state index contributed by atoms with van der Waals surface area (Å²) >= 11 is 0. The molecular weight excluding hydrogens is 578 g/mol. The monoisotopic (exact) mass is 631 g/mol. The topological polar surface area (TPSA) is 163 Å². The number of Topliss-reactive ketones (excluding diaryl/α,β-unsaturated/α-hetero) is 1. The minimum atomic E-state index is -1.23. The Bertz CT molecular complexity index is 1220. The van der Waals surface area contributed by atoms with Crippen LogP contribution in [0.15, 0.2) is 0 Å². The van der Waals surface area contributed by atoms with Gasteiger partial charge >= 0.3 is 12.0 Å². The summed E-state index contributed by atoms with van der Waals surface area (Å²) in [5.41, 5.74) is -2.12. The molecule has 1 aliphatic carbocycles. The Morgan fingerprint density at radius 2 is 1.58 bits per heavy atom. The molecule has 0 aromatic carbocycles. The second kappa shape index (κ2) is 13.8.